The second-order valence-corrected chi connectivity index (χ2v) is 8.73. The molecular formula is C16H21N3O2S. The molecule has 3 atom stereocenters. The molecule has 1 aromatic carbocycles. The topological polar surface area (TPSA) is 64.0 Å². The van der Waals surface area contributed by atoms with Gasteiger partial charge in [-0.05, 0) is 50.8 Å². The number of hydrogen-bond donors (Lipinski definition) is 1. The largest absolute Gasteiger partial charge is 0.325 e. The van der Waals surface area contributed by atoms with Crippen LogP contribution >= 0.6 is 0 Å². The summed E-state index contributed by atoms with van der Waals surface area (Å²) < 4.78 is 25.8. The van der Waals surface area contributed by atoms with Gasteiger partial charge in [-0.25, -0.2) is 13.4 Å². The summed E-state index contributed by atoms with van der Waals surface area (Å²) in [5.74, 6) is 0.979. The number of hydrogen-bond acceptors (Lipinski definition) is 4. The van der Waals surface area contributed by atoms with Crippen molar-refractivity contribution in [1.29, 1.82) is 0 Å². The van der Waals surface area contributed by atoms with Crippen LogP contribution in [0.4, 0.5) is 0 Å². The van der Waals surface area contributed by atoms with Crippen molar-refractivity contribution in [2.24, 2.45) is 0 Å². The summed E-state index contributed by atoms with van der Waals surface area (Å²) >= 11 is 0. The summed E-state index contributed by atoms with van der Waals surface area (Å²) in [6.07, 6.45) is 6.05. The zero-order chi connectivity index (χ0) is 15.5. The first-order valence-electron chi connectivity index (χ1n) is 7.86. The van der Waals surface area contributed by atoms with Crippen LogP contribution in [0.2, 0.25) is 0 Å². The van der Waals surface area contributed by atoms with Gasteiger partial charge in [-0.15, -0.1) is 0 Å². The summed E-state index contributed by atoms with van der Waals surface area (Å²) in [5, 5.41) is 3.67. The van der Waals surface area contributed by atoms with Gasteiger partial charge in [0.2, 0.25) is 0 Å². The van der Waals surface area contributed by atoms with Crippen molar-refractivity contribution >= 4 is 20.9 Å². The molecule has 3 heterocycles. The summed E-state index contributed by atoms with van der Waals surface area (Å²) in [5.41, 5.74) is 1.84. The van der Waals surface area contributed by atoms with Crippen molar-refractivity contribution in [3.8, 4) is 0 Å². The van der Waals surface area contributed by atoms with E-state index in [4.69, 9.17) is 0 Å². The monoisotopic (exact) mass is 319 g/mol. The maximum Gasteiger partial charge on any atom is 0.175 e. The third-order valence-corrected chi connectivity index (χ3v) is 6.19. The maximum absolute atomic E-state index is 11.7. The average molecular weight is 319 g/mol. The van der Waals surface area contributed by atoms with E-state index in [1.807, 2.05) is 13.0 Å². The number of fused-ring (bicyclic) bond motifs is 3. The second-order valence-electron chi connectivity index (χ2n) is 6.71. The van der Waals surface area contributed by atoms with Crippen molar-refractivity contribution in [2.75, 3.05) is 6.26 Å². The van der Waals surface area contributed by atoms with Crippen LogP contribution in [0.15, 0.2) is 23.1 Å². The van der Waals surface area contributed by atoms with E-state index in [1.165, 1.54) is 19.1 Å². The highest BCUT2D eigenvalue weighted by Crippen LogP contribution is 2.36. The van der Waals surface area contributed by atoms with Crippen LogP contribution < -0.4 is 5.32 Å². The normalized spacial score (nSPS) is 28.4. The number of rotatable bonds is 2. The number of imidazole rings is 1. The fourth-order valence-corrected chi connectivity index (χ4v) is 4.77. The Bertz CT molecular complexity index is 828. The zero-order valence-corrected chi connectivity index (χ0v) is 13.7. The first kappa shape index (κ1) is 14.2. The lowest BCUT2D eigenvalue weighted by Crippen LogP contribution is -2.39. The van der Waals surface area contributed by atoms with E-state index < -0.39 is 9.84 Å². The van der Waals surface area contributed by atoms with Gasteiger partial charge in [-0.1, -0.05) is 0 Å². The van der Waals surface area contributed by atoms with E-state index in [2.05, 4.69) is 14.9 Å². The van der Waals surface area contributed by atoms with Gasteiger partial charge in [0, 0.05) is 24.4 Å². The second kappa shape index (κ2) is 4.80. The Balaban J connectivity index is 1.80. The fraction of sp³-hybridized carbons (Fsp3) is 0.562. The van der Waals surface area contributed by atoms with E-state index in [0.29, 0.717) is 23.0 Å². The van der Waals surface area contributed by atoms with Crippen molar-refractivity contribution < 1.29 is 8.42 Å². The molecule has 5 nitrogen and oxygen atoms in total. The minimum atomic E-state index is -3.19. The van der Waals surface area contributed by atoms with Gasteiger partial charge in [0.15, 0.2) is 9.84 Å². The Labute approximate surface area is 130 Å². The van der Waals surface area contributed by atoms with Gasteiger partial charge in [0.1, 0.15) is 5.82 Å². The molecule has 1 unspecified atom stereocenters. The van der Waals surface area contributed by atoms with E-state index in [9.17, 15) is 8.42 Å². The van der Waals surface area contributed by atoms with Gasteiger partial charge >= 0.3 is 0 Å². The molecule has 0 aliphatic carbocycles. The van der Waals surface area contributed by atoms with Gasteiger partial charge in [0.25, 0.3) is 0 Å². The quantitative estimate of drug-likeness (QED) is 0.922. The van der Waals surface area contributed by atoms with Crippen molar-refractivity contribution in [3.05, 3.63) is 24.0 Å². The van der Waals surface area contributed by atoms with Gasteiger partial charge in [-0.3, -0.25) is 0 Å². The molecule has 0 amide bonds. The van der Waals surface area contributed by atoms with Crippen LogP contribution in [-0.2, 0) is 9.84 Å². The molecule has 2 fully saturated rings. The molecule has 6 heteroatoms. The molecular weight excluding hydrogens is 298 g/mol. The Morgan fingerprint density at radius 2 is 1.91 bits per heavy atom. The van der Waals surface area contributed by atoms with E-state index in [0.717, 1.165) is 29.7 Å². The standard InChI is InChI=1S/C16H21N3O2S/c1-10-17-15-9-14(22(2,20)21)5-6-16(15)19(10)13-7-11-3-4-12(8-13)18-11/h5-6,9,11-13,18H,3-4,7-8H2,1-2H3/t11-,12+,13?. The van der Waals surface area contributed by atoms with Crippen LogP contribution in [0.3, 0.4) is 0 Å². The minimum absolute atomic E-state index is 0.343. The van der Waals surface area contributed by atoms with Crippen molar-refractivity contribution in [2.45, 2.75) is 55.6 Å². The molecule has 22 heavy (non-hydrogen) atoms. The van der Waals surface area contributed by atoms with E-state index in [1.54, 1.807) is 12.1 Å². The summed E-state index contributed by atoms with van der Waals surface area (Å²) in [4.78, 5) is 4.95. The maximum atomic E-state index is 11.7. The number of sulfone groups is 1. The predicted octanol–water partition coefficient (Wildman–Crippen LogP) is 2.20. The zero-order valence-electron chi connectivity index (χ0n) is 12.9. The molecule has 2 saturated heterocycles. The van der Waals surface area contributed by atoms with Crippen LogP contribution in [-0.4, -0.2) is 36.3 Å². The third-order valence-electron chi connectivity index (χ3n) is 5.08. The molecule has 4 rings (SSSR count). The predicted molar refractivity (Wildman–Crippen MR) is 85.8 cm³/mol. The van der Waals surface area contributed by atoms with Crippen molar-refractivity contribution in [3.63, 3.8) is 0 Å². The molecule has 118 valence electrons. The van der Waals surface area contributed by atoms with Crippen molar-refractivity contribution in [1.82, 2.24) is 14.9 Å². The molecule has 0 saturated carbocycles. The highest BCUT2D eigenvalue weighted by Gasteiger charge is 2.35. The van der Waals surface area contributed by atoms with E-state index >= 15 is 0 Å². The lowest BCUT2D eigenvalue weighted by Gasteiger charge is -2.31. The summed E-state index contributed by atoms with van der Waals surface area (Å²) in [6.45, 7) is 2.02. The molecule has 2 aromatic rings. The number of piperidine rings is 1. The Morgan fingerprint density at radius 3 is 2.55 bits per heavy atom. The third kappa shape index (κ3) is 2.25. The molecule has 2 aliphatic rings. The summed E-state index contributed by atoms with van der Waals surface area (Å²) in [7, 11) is -3.19. The van der Waals surface area contributed by atoms with Crippen LogP contribution in [0.5, 0.6) is 0 Å². The summed E-state index contributed by atoms with van der Waals surface area (Å²) in [6, 6.07) is 7.02. The Hall–Kier alpha value is -1.40. The first-order chi connectivity index (χ1) is 10.4. The molecule has 2 aliphatic heterocycles. The number of aromatic nitrogens is 2. The first-order valence-corrected chi connectivity index (χ1v) is 9.75. The van der Waals surface area contributed by atoms with Crippen LogP contribution in [0, 0.1) is 6.92 Å². The Kier molecular flexibility index (Phi) is 3.10. The highest BCUT2D eigenvalue weighted by atomic mass is 32.2. The van der Waals surface area contributed by atoms with Gasteiger partial charge in [0.05, 0.1) is 15.9 Å². The number of nitrogens with zero attached hydrogens (tertiary/aromatic N) is 2. The lowest BCUT2D eigenvalue weighted by atomic mass is 9.99. The number of aryl methyl sites for hydroxylation is 1. The van der Waals surface area contributed by atoms with Crippen LogP contribution in [0.1, 0.15) is 37.5 Å². The molecule has 1 N–H and O–H groups in total. The number of nitrogens with one attached hydrogen (secondary N) is 1. The SMILES string of the molecule is Cc1nc2cc(S(C)(=O)=O)ccc2n1C1C[C@H]2CC[C@@H](C1)N2. The molecule has 2 bridgehead atoms. The average Bonchev–Trinajstić information content (AvgIpc) is 2.95. The smallest absolute Gasteiger partial charge is 0.175 e. The molecule has 0 spiro atoms. The van der Waals surface area contributed by atoms with Crippen LogP contribution in [0.25, 0.3) is 11.0 Å². The Morgan fingerprint density at radius 1 is 1.23 bits per heavy atom. The lowest BCUT2D eigenvalue weighted by molar-refractivity contribution is 0.300. The minimum Gasteiger partial charge on any atom is -0.325 e. The van der Waals surface area contributed by atoms with E-state index in [-0.39, 0.29) is 0 Å². The number of benzene rings is 1. The fourth-order valence-electron chi connectivity index (χ4n) is 4.13. The molecule has 1 aromatic heterocycles. The molecule has 0 radical (unpaired) electrons. The van der Waals surface area contributed by atoms with Gasteiger partial charge in [-0.2, -0.15) is 0 Å². The van der Waals surface area contributed by atoms with Gasteiger partial charge < -0.3 is 9.88 Å². The highest BCUT2D eigenvalue weighted by molar-refractivity contribution is 7.90.